The molecule has 0 fully saturated rings. The Morgan fingerprint density at radius 3 is 2.38 bits per heavy atom. The first-order chi connectivity index (χ1) is 13.9. The lowest BCUT2D eigenvalue weighted by Gasteiger charge is -2.23. The molecule has 0 aliphatic carbocycles. The van der Waals surface area contributed by atoms with E-state index in [2.05, 4.69) is 29.5 Å². The lowest BCUT2D eigenvalue weighted by Crippen LogP contribution is -2.28. The number of hydrogen-bond acceptors (Lipinski definition) is 5. The molecule has 0 saturated carbocycles. The molecule has 29 heavy (non-hydrogen) atoms. The van der Waals surface area contributed by atoms with Crippen molar-refractivity contribution in [2.75, 3.05) is 12.4 Å². The third-order valence-corrected chi connectivity index (χ3v) is 5.59. The van der Waals surface area contributed by atoms with E-state index in [0.717, 1.165) is 28.1 Å². The number of amides is 2. The molecule has 0 spiro atoms. The van der Waals surface area contributed by atoms with Crippen molar-refractivity contribution >= 4 is 22.5 Å². The molecule has 3 rings (SSSR count). The molecule has 0 aliphatic rings. The molecule has 1 heterocycles. The lowest BCUT2D eigenvalue weighted by atomic mass is 9.82. The molecule has 2 aromatic carbocycles. The quantitative estimate of drug-likeness (QED) is 0.541. The molecule has 3 aromatic rings. The highest BCUT2D eigenvalue weighted by molar-refractivity contribution is 7.13. The Hall–Kier alpha value is -2.90. The third kappa shape index (κ3) is 5.13. The van der Waals surface area contributed by atoms with Gasteiger partial charge >= 0.3 is 6.03 Å². The van der Waals surface area contributed by atoms with Crippen LogP contribution in [0.25, 0.3) is 0 Å². The molecule has 0 aliphatic heterocycles. The van der Waals surface area contributed by atoms with E-state index in [9.17, 15) is 4.79 Å². The van der Waals surface area contributed by atoms with Gasteiger partial charge in [-0.15, -0.1) is 11.3 Å². The molecule has 0 unspecified atom stereocenters. The first kappa shape index (κ1) is 20.8. The number of carbonyl (C=O) groups is 1. The van der Waals surface area contributed by atoms with Crippen molar-refractivity contribution in [2.24, 2.45) is 0 Å². The van der Waals surface area contributed by atoms with Crippen molar-refractivity contribution in [1.29, 1.82) is 0 Å². The van der Waals surface area contributed by atoms with Crippen LogP contribution >= 0.6 is 11.3 Å². The van der Waals surface area contributed by atoms with Crippen molar-refractivity contribution in [3.05, 3.63) is 76.3 Å². The summed E-state index contributed by atoms with van der Waals surface area (Å²) in [6, 6.07) is 15.0. The highest BCUT2D eigenvalue weighted by Crippen LogP contribution is 2.34. The molecule has 0 bridgehead atoms. The predicted molar refractivity (Wildman–Crippen MR) is 115 cm³/mol. The maximum atomic E-state index is 12.2. The molecule has 6 nitrogen and oxygen atoms in total. The molecule has 0 radical (unpaired) electrons. The largest absolute Gasteiger partial charge is 0.497 e. The van der Waals surface area contributed by atoms with Crippen LogP contribution in [0.5, 0.6) is 5.75 Å². The summed E-state index contributed by atoms with van der Waals surface area (Å²) in [6.45, 7) is 4.61. The zero-order valence-electron chi connectivity index (χ0n) is 16.7. The van der Waals surface area contributed by atoms with Crippen molar-refractivity contribution < 1.29 is 14.6 Å². The molecule has 3 N–H and O–H groups in total. The number of thiazole rings is 1. The first-order valence-electron chi connectivity index (χ1n) is 9.26. The number of carbonyl (C=O) groups excluding carboxylic acids is 1. The van der Waals surface area contributed by atoms with Crippen LogP contribution in [0.3, 0.4) is 0 Å². The van der Waals surface area contributed by atoms with Gasteiger partial charge in [0.05, 0.1) is 19.4 Å². The summed E-state index contributed by atoms with van der Waals surface area (Å²) < 4.78 is 5.22. The summed E-state index contributed by atoms with van der Waals surface area (Å²) in [5.74, 6) is 0.813. The molecule has 7 heteroatoms. The van der Waals surface area contributed by atoms with E-state index in [-0.39, 0.29) is 18.1 Å². The Morgan fingerprint density at radius 1 is 1.10 bits per heavy atom. The van der Waals surface area contributed by atoms with Gasteiger partial charge in [-0.05, 0) is 28.8 Å². The van der Waals surface area contributed by atoms with Crippen LogP contribution in [0.15, 0.2) is 53.9 Å². The highest BCUT2D eigenvalue weighted by atomic mass is 32.1. The van der Waals surface area contributed by atoms with E-state index in [4.69, 9.17) is 9.84 Å². The average Bonchev–Trinajstić information content (AvgIpc) is 3.22. The summed E-state index contributed by atoms with van der Waals surface area (Å²) >= 11 is 1.40. The van der Waals surface area contributed by atoms with Crippen LogP contribution in [0.4, 0.5) is 9.93 Å². The minimum absolute atomic E-state index is 0.00739. The van der Waals surface area contributed by atoms with Crippen LogP contribution in [0, 0.1) is 0 Å². The Labute approximate surface area is 174 Å². The van der Waals surface area contributed by atoms with Gasteiger partial charge in [0.15, 0.2) is 5.13 Å². The number of nitrogens with zero attached hydrogens (tertiary/aromatic N) is 1. The Kier molecular flexibility index (Phi) is 6.51. The maximum Gasteiger partial charge on any atom is 0.321 e. The van der Waals surface area contributed by atoms with Gasteiger partial charge in [-0.1, -0.05) is 50.2 Å². The van der Waals surface area contributed by atoms with Gasteiger partial charge in [-0.25, -0.2) is 9.78 Å². The monoisotopic (exact) mass is 411 g/mol. The van der Waals surface area contributed by atoms with Crippen molar-refractivity contribution in [2.45, 2.75) is 32.4 Å². The number of hydrogen-bond donors (Lipinski definition) is 3. The summed E-state index contributed by atoms with van der Waals surface area (Å²) in [5, 5.41) is 17.2. The molecule has 0 saturated heterocycles. The highest BCUT2D eigenvalue weighted by Gasteiger charge is 2.26. The zero-order valence-corrected chi connectivity index (χ0v) is 17.5. The summed E-state index contributed by atoms with van der Waals surface area (Å²) in [4.78, 5) is 16.8. The second kappa shape index (κ2) is 9.07. The van der Waals surface area contributed by atoms with Gasteiger partial charge in [0.25, 0.3) is 0 Å². The summed E-state index contributed by atoms with van der Waals surface area (Å²) in [7, 11) is 1.65. The average molecular weight is 412 g/mol. The van der Waals surface area contributed by atoms with Gasteiger partial charge in [0, 0.05) is 17.3 Å². The standard InChI is InChI=1S/C22H25N3O3S/c1-22(2,17-8-10-18(28-3)11-9-17)19-14-29-21(24-19)25-20(27)23-12-15-4-6-16(13-26)7-5-15/h4-11,14,26H,12-13H2,1-3H3,(H2,23,24,25,27). The minimum Gasteiger partial charge on any atom is -0.497 e. The number of urea groups is 1. The Balaban J connectivity index is 1.60. The van der Waals surface area contributed by atoms with Crippen LogP contribution in [0.2, 0.25) is 0 Å². The summed E-state index contributed by atoms with van der Waals surface area (Å²) in [5.41, 5.74) is 3.51. The number of rotatable bonds is 7. The Morgan fingerprint density at radius 2 is 1.76 bits per heavy atom. The number of aromatic nitrogens is 1. The zero-order chi connectivity index (χ0) is 20.9. The second-order valence-electron chi connectivity index (χ2n) is 7.17. The second-order valence-corrected chi connectivity index (χ2v) is 8.03. The topological polar surface area (TPSA) is 83.5 Å². The van der Waals surface area contributed by atoms with E-state index in [1.807, 2.05) is 53.9 Å². The number of aliphatic hydroxyl groups excluding tert-OH is 1. The van der Waals surface area contributed by atoms with Crippen LogP contribution in [-0.2, 0) is 18.6 Å². The van der Waals surface area contributed by atoms with Gasteiger partial charge in [0.1, 0.15) is 5.75 Å². The van der Waals surface area contributed by atoms with Gasteiger partial charge in [-0.3, -0.25) is 5.32 Å². The first-order valence-corrected chi connectivity index (χ1v) is 10.1. The van der Waals surface area contributed by atoms with Crippen LogP contribution in [0.1, 0.15) is 36.2 Å². The summed E-state index contributed by atoms with van der Waals surface area (Å²) in [6.07, 6.45) is 0. The molecule has 152 valence electrons. The van der Waals surface area contributed by atoms with Crippen LogP contribution in [-0.4, -0.2) is 23.2 Å². The fourth-order valence-electron chi connectivity index (χ4n) is 2.86. The third-order valence-electron chi connectivity index (χ3n) is 4.84. The number of ether oxygens (including phenoxy) is 1. The maximum absolute atomic E-state index is 12.2. The van der Waals surface area contributed by atoms with Crippen molar-refractivity contribution in [1.82, 2.24) is 10.3 Å². The van der Waals surface area contributed by atoms with E-state index >= 15 is 0 Å². The van der Waals surface area contributed by atoms with E-state index in [1.165, 1.54) is 11.3 Å². The lowest BCUT2D eigenvalue weighted by molar-refractivity contribution is 0.251. The number of benzene rings is 2. The van der Waals surface area contributed by atoms with Crippen molar-refractivity contribution in [3.8, 4) is 5.75 Å². The number of anilines is 1. The van der Waals surface area contributed by atoms with Gasteiger partial charge < -0.3 is 15.2 Å². The van der Waals surface area contributed by atoms with Gasteiger partial charge in [0.2, 0.25) is 0 Å². The number of aliphatic hydroxyl groups is 1. The SMILES string of the molecule is COc1ccc(C(C)(C)c2csc(NC(=O)NCc3ccc(CO)cc3)n2)cc1. The van der Waals surface area contributed by atoms with E-state index in [1.54, 1.807) is 7.11 Å². The molecule has 1 aromatic heterocycles. The van der Waals surface area contributed by atoms with Crippen molar-refractivity contribution in [3.63, 3.8) is 0 Å². The fraction of sp³-hybridized carbons (Fsp3) is 0.273. The van der Waals surface area contributed by atoms with E-state index < -0.39 is 0 Å². The Bertz CT molecular complexity index is 950. The normalized spacial score (nSPS) is 11.2. The fourth-order valence-corrected chi connectivity index (χ4v) is 3.73. The van der Waals surface area contributed by atoms with Gasteiger partial charge in [-0.2, -0.15) is 0 Å². The predicted octanol–water partition coefficient (Wildman–Crippen LogP) is 4.29. The van der Waals surface area contributed by atoms with E-state index in [0.29, 0.717) is 11.7 Å². The minimum atomic E-state index is -0.306. The number of nitrogens with one attached hydrogen (secondary N) is 2. The smallest absolute Gasteiger partial charge is 0.321 e. The molecule has 0 atom stereocenters. The number of methoxy groups -OCH3 is 1. The van der Waals surface area contributed by atoms with Crippen LogP contribution < -0.4 is 15.4 Å². The molecular weight excluding hydrogens is 386 g/mol. The molecule has 2 amide bonds. The molecular formula is C22H25N3O3S.